The Bertz CT molecular complexity index is 1100. The second-order valence-electron chi connectivity index (χ2n) is 10.7. The molecule has 0 radical (unpaired) electrons. The Morgan fingerprint density at radius 1 is 1.18 bits per heavy atom. The summed E-state index contributed by atoms with van der Waals surface area (Å²) in [6, 6.07) is 6.21. The monoisotopic (exact) mass is 553 g/mol. The van der Waals surface area contributed by atoms with E-state index in [0.717, 1.165) is 18.8 Å². The van der Waals surface area contributed by atoms with Gasteiger partial charge in [-0.1, -0.05) is 19.1 Å². The summed E-state index contributed by atoms with van der Waals surface area (Å²) in [5.74, 6) is -2.75. The number of aliphatic hydroxyl groups is 1. The van der Waals surface area contributed by atoms with Crippen molar-refractivity contribution < 1.29 is 29.0 Å². The molecule has 2 unspecified atom stereocenters. The number of esters is 1. The fourth-order valence-corrected chi connectivity index (χ4v) is 6.82. The molecule has 3 aliphatic rings. The number of fused-ring (bicyclic) bond motifs is 1. The molecule has 0 saturated carbocycles. The van der Waals surface area contributed by atoms with Crippen LogP contribution in [0.3, 0.4) is 0 Å². The highest BCUT2D eigenvalue weighted by Gasteiger charge is 2.75. The van der Waals surface area contributed by atoms with E-state index in [1.165, 1.54) is 4.90 Å². The molecular weight excluding hydrogens is 510 g/mol. The number of aliphatic hydroxyl groups excluding tert-OH is 1. The van der Waals surface area contributed by atoms with Crippen molar-refractivity contribution in [2.75, 3.05) is 42.6 Å². The lowest BCUT2D eigenvalue weighted by atomic mass is 9.70. The molecule has 0 aliphatic carbocycles. The molecule has 1 aromatic rings. The smallest absolute Gasteiger partial charge is 0.312 e. The first-order valence-electron chi connectivity index (χ1n) is 14.5. The number of likely N-dealkylation sites (tertiary alicyclic amines) is 1. The highest BCUT2D eigenvalue weighted by Crippen LogP contribution is 2.59. The van der Waals surface area contributed by atoms with Crippen molar-refractivity contribution in [1.82, 2.24) is 4.90 Å². The van der Waals surface area contributed by atoms with Crippen LogP contribution in [0.15, 0.2) is 49.6 Å². The molecule has 4 rings (SSSR count). The molecule has 0 aromatic heterocycles. The fourth-order valence-electron chi connectivity index (χ4n) is 6.82. The molecule has 3 aliphatic heterocycles. The van der Waals surface area contributed by atoms with Gasteiger partial charge in [-0.05, 0) is 63.8 Å². The van der Waals surface area contributed by atoms with Crippen LogP contribution < -0.4 is 9.80 Å². The van der Waals surface area contributed by atoms with Crippen LogP contribution in [0.4, 0.5) is 11.4 Å². The van der Waals surface area contributed by atoms with E-state index in [-0.39, 0.29) is 31.6 Å². The van der Waals surface area contributed by atoms with Crippen molar-refractivity contribution in [3.63, 3.8) is 0 Å². The highest BCUT2D eigenvalue weighted by atomic mass is 16.6. The van der Waals surface area contributed by atoms with Gasteiger partial charge in [-0.2, -0.15) is 0 Å². The van der Waals surface area contributed by atoms with Crippen LogP contribution in [0.1, 0.15) is 46.5 Å². The van der Waals surface area contributed by atoms with E-state index >= 15 is 0 Å². The number of nitrogens with zero attached hydrogens (tertiary/aromatic N) is 3. The van der Waals surface area contributed by atoms with Crippen LogP contribution in [0, 0.1) is 11.8 Å². The van der Waals surface area contributed by atoms with E-state index in [9.17, 15) is 19.5 Å². The first-order valence-corrected chi connectivity index (χ1v) is 14.5. The number of benzene rings is 1. The average molecular weight is 554 g/mol. The van der Waals surface area contributed by atoms with Crippen LogP contribution in [-0.4, -0.2) is 84.4 Å². The number of amides is 2. The van der Waals surface area contributed by atoms with Gasteiger partial charge in [0.15, 0.2) is 0 Å². The van der Waals surface area contributed by atoms with E-state index in [4.69, 9.17) is 9.47 Å². The van der Waals surface area contributed by atoms with Gasteiger partial charge >= 0.3 is 5.97 Å². The third-order valence-corrected chi connectivity index (χ3v) is 8.75. The third kappa shape index (κ3) is 4.94. The maximum absolute atomic E-state index is 14.6. The first-order chi connectivity index (χ1) is 19.3. The molecule has 40 heavy (non-hydrogen) atoms. The van der Waals surface area contributed by atoms with Gasteiger partial charge in [-0.15, -0.1) is 13.2 Å². The van der Waals surface area contributed by atoms with E-state index in [1.54, 1.807) is 17.1 Å². The van der Waals surface area contributed by atoms with Gasteiger partial charge in [-0.3, -0.25) is 14.4 Å². The molecule has 9 nitrogen and oxygen atoms in total. The second-order valence-corrected chi connectivity index (χ2v) is 10.7. The van der Waals surface area contributed by atoms with Crippen LogP contribution in [0.5, 0.6) is 0 Å². The van der Waals surface area contributed by atoms with E-state index in [2.05, 4.69) is 31.9 Å². The summed E-state index contributed by atoms with van der Waals surface area (Å²) in [5.41, 5.74) is 0.570. The largest absolute Gasteiger partial charge is 0.465 e. The summed E-state index contributed by atoms with van der Waals surface area (Å²) in [6.07, 6.45) is 4.82. The lowest BCUT2D eigenvalue weighted by Gasteiger charge is -2.39. The van der Waals surface area contributed by atoms with Gasteiger partial charge in [0, 0.05) is 31.0 Å². The van der Waals surface area contributed by atoms with Crippen molar-refractivity contribution in [2.45, 2.75) is 70.2 Å². The minimum Gasteiger partial charge on any atom is -0.465 e. The van der Waals surface area contributed by atoms with Crippen molar-refractivity contribution in [3.8, 4) is 0 Å². The predicted octanol–water partition coefficient (Wildman–Crippen LogP) is 3.32. The molecule has 1 aromatic carbocycles. The molecule has 218 valence electrons. The van der Waals surface area contributed by atoms with Crippen molar-refractivity contribution in [1.29, 1.82) is 0 Å². The molecule has 3 fully saturated rings. The normalized spacial score (nSPS) is 27.3. The number of ether oxygens (including phenoxy) is 2. The average Bonchev–Trinajstić information content (AvgIpc) is 3.61. The molecule has 1 spiro atoms. The SMILES string of the molecule is C=CCCOC(=O)[C@@H]1[C@H]2C(=O)N([C@@H](CC)CO)C(C(=O)N(CC=C)c3ccc(N(CC)CC)cc3)C23CC[C@H]1O3. The number of carbonyl (C=O) groups is 3. The fraction of sp³-hybridized carbons (Fsp3) is 0.581. The Morgan fingerprint density at radius 3 is 2.42 bits per heavy atom. The minimum atomic E-state index is -1.16. The van der Waals surface area contributed by atoms with E-state index < -0.39 is 41.6 Å². The Balaban J connectivity index is 1.73. The van der Waals surface area contributed by atoms with Crippen molar-refractivity contribution in [2.24, 2.45) is 11.8 Å². The van der Waals surface area contributed by atoms with Gasteiger partial charge in [0.25, 0.3) is 5.91 Å². The minimum absolute atomic E-state index is 0.177. The summed E-state index contributed by atoms with van der Waals surface area (Å²) in [5, 5.41) is 10.3. The second kappa shape index (κ2) is 12.6. The van der Waals surface area contributed by atoms with Gasteiger partial charge in [-0.25, -0.2) is 0 Å². The number of rotatable bonds is 14. The van der Waals surface area contributed by atoms with E-state index in [0.29, 0.717) is 31.4 Å². The maximum Gasteiger partial charge on any atom is 0.312 e. The lowest BCUT2D eigenvalue weighted by molar-refractivity contribution is -0.155. The number of carbonyl (C=O) groups excluding carboxylic acids is 3. The molecule has 3 heterocycles. The first kappa shape index (κ1) is 29.8. The molecular formula is C31H43N3O6. The standard InChI is InChI=1S/C31H43N3O6/c1-6-11-19-39-30(38)25-24-16-17-31(40-24)26(25)28(36)34(21(8-3)20-35)27(31)29(37)33(18-7-2)23-14-12-22(13-15-23)32(9-4)10-5/h6-7,12-15,21,24-27,35H,1-2,8-11,16-20H2,3-5H3/t21-,24+,25-,26-,27?,31?/m0/s1. The number of anilines is 2. The van der Waals surface area contributed by atoms with Crippen LogP contribution in [-0.2, 0) is 23.9 Å². The van der Waals surface area contributed by atoms with Gasteiger partial charge in [0.1, 0.15) is 11.6 Å². The molecule has 9 heteroatoms. The molecule has 2 bridgehead atoms. The van der Waals surface area contributed by atoms with Gasteiger partial charge in [0.05, 0.1) is 37.2 Å². The molecule has 6 atom stereocenters. The number of hydrogen-bond donors (Lipinski definition) is 1. The van der Waals surface area contributed by atoms with Crippen LogP contribution >= 0.6 is 0 Å². The summed E-state index contributed by atoms with van der Waals surface area (Å²) < 4.78 is 12.0. The molecule has 3 saturated heterocycles. The Kier molecular flexibility index (Phi) is 9.36. The number of hydrogen-bond acceptors (Lipinski definition) is 7. The Labute approximate surface area is 237 Å². The Morgan fingerprint density at radius 2 is 1.85 bits per heavy atom. The zero-order valence-electron chi connectivity index (χ0n) is 24.0. The quantitative estimate of drug-likeness (QED) is 0.214. The van der Waals surface area contributed by atoms with Gasteiger partial charge in [0.2, 0.25) is 5.91 Å². The third-order valence-electron chi connectivity index (χ3n) is 8.75. The summed E-state index contributed by atoms with van der Waals surface area (Å²) in [6.45, 7) is 15.4. The molecule has 2 amide bonds. The van der Waals surface area contributed by atoms with Crippen LogP contribution in [0.2, 0.25) is 0 Å². The zero-order valence-corrected chi connectivity index (χ0v) is 24.0. The lowest BCUT2D eigenvalue weighted by Crippen LogP contribution is -2.59. The Hall–Kier alpha value is -3.17. The van der Waals surface area contributed by atoms with E-state index in [1.807, 2.05) is 31.2 Å². The van der Waals surface area contributed by atoms with Crippen LogP contribution in [0.25, 0.3) is 0 Å². The van der Waals surface area contributed by atoms with Crippen molar-refractivity contribution in [3.05, 3.63) is 49.6 Å². The van der Waals surface area contributed by atoms with Crippen molar-refractivity contribution >= 4 is 29.2 Å². The molecule has 1 N–H and O–H groups in total. The summed E-state index contributed by atoms with van der Waals surface area (Å²) in [4.78, 5) is 47.2. The zero-order chi connectivity index (χ0) is 29.0. The summed E-state index contributed by atoms with van der Waals surface area (Å²) >= 11 is 0. The predicted molar refractivity (Wildman–Crippen MR) is 154 cm³/mol. The van der Waals surface area contributed by atoms with Gasteiger partial charge < -0.3 is 29.3 Å². The summed E-state index contributed by atoms with van der Waals surface area (Å²) in [7, 11) is 0. The topological polar surface area (TPSA) is 99.6 Å². The highest BCUT2D eigenvalue weighted by molar-refractivity contribution is 6.05. The maximum atomic E-state index is 14.6.